The third-order valence-corrected chi connectivity index (χ3v) is 2.56. The molecule has 0 amide bonds. The number of carboxylic acids is 1. The van der Waals surface area contributed by atoms with Gasteiger partial charge >= 0.3 is 11.7 Å². The van der Waals surface area contributed by atoms with Crippen LogP contribution >= 0.6 is 0 Å². The molecule has 0 aliphatic rings. The fourth-order valence-corrected chi connectivity index (χ4v) is 1.61. The highest BCUT2D eigenvalue weighted by atomic mass is 16.6. The molecule has 8 heteroatoms. The zero-order chi connectivity index (χ0) is 15.4. The Labute approximate surface area is 118 Å². The van der Waals surface area contributed by atoms with Crippen molar-refractivity contribution in [2.24, 2.45) is 0 Å². The van der Waals surface area contributed by atoms with Crippen molar-refractivity contribution >= 4 is 11.7 Å². The van der Waals surface area contributed by atoms with E-state index in [0.29, 0.717) is 5.75 Å². The Kier molecular flexibility index (Phi) is 3.98. The molecule has 0 saturated carbocycles. The van der Waals surface area contributed by atoms with Crippen molar-refractivity contribution in [3.8, 4) is 17.2 Å². The maximum absolute atomic E-state index is 11.1. The number of ether oxygens (including phenoxy) is 2. The fraction of sp³-hybridized carbons (Fsp3) is 0.0769. The number of aromatic nitrogens is 1. The molecule has 0 spiro atoms. The third-order valence-electron chi connectivity index (χ3n) is 2.56. The van der Waals surface area contributed by atoms with Gasteiger partial charge in [0.2, 0.25) is 5.75 Å². The normalized spacial score (nSPS) is 9.95. The van der Waals surface area contributed by atoms with Crippen LogP contribution in [-0.2, 0) is 0 Å². The van der Waals surface area contributed by atoms with Crippen molar-refractivity contribution in [3.63, 3.8) is 0 Å². The third kappa shape index (κ3) is 3.06. The molecule has 0 aliphatic carbocycles. The fourth-order valence-electron chi connectivity index (χ4n) is 1.61. The minimum absolute atomic E-state index is 0.0960. The maximum Gasteiger partial charge on any atom is 0.358 e. The predicted molar refractivity (Wildman–Crippen MR) is 70.9 cm³/mol. The number of rotatable bonds is 5. The molecule has 2 rings (SSSR count). The van der Waals surface area contributed by atoms with Crippen molar-refractivity contribution in [2.75, 3.05) is 7.11 Å². The Morgan fingerprint density at radius 2 is 2.10 bits per heavy atom. The number of hydrogen-bond acceptors (Lipinski definition) is 6. The van der Waals surface area contributed by atoms with Crippen LogP contribution < -0.4 is 9.47 Å². The summed E-state index contributed by atoms with van der Waals surface area (Å²) in [4.78, 5) is 25.1. The second kappa shape index (κ2) is 5.87. The van der Waals surface area contributed by atoms with Crippen molar-refractivity contribution in [1.29, 1.82) is 0 Å². The quantitative estimate of drug-likeness (QED) is 0.664. The Hall–Kier alpha value is -3.16. The molecule has 1 aromatic heterocycles. The Morgan fingerprint density at radius 3 is 2.71 bits per heavy atom. The van der Waals surface area contributed by atoms with Crippen LogP contribution in [0.2, 0.25) is 0 Å². The number of methoxy groups -OCH3 is 1. The zero-order valence-corrected chi connectivity index (χ0v) is 10.8. The van der Waals surface area contributed by atoms with E-state index in [1.807, 2.05) is 0 Å². The van der Waals surface area contributed by atoms with Crippen LogP contribution in [0.25, 0.3) is 0 Å². The topological polar surface area (TPSA) is 112 Å². The van der Waals surface area contributed by atoms with Crippen LogP contribution in [0, 0.1) is 10.1 Å². The smallest absolute Gasteiger partial charge is 0.358 e. The van der Waals surface area contributed by atoms with Gasteiger partial charge in [-0.1, -0.05) is 0 Å². The first-order chi connectivity index (χ1) is 10.0. The van der Waals surface area contributed by atoms with E-state index >= 15 is 0 Å². The van der Waals surface area contributed by atoms with E-state index in [-0.39, 0.29) is 22.9 Å². The molecule has 8 nitrogen and oxygen atoms in total. The van der Waals surface area contributed by atoms with Crippen LogP contribution in [0.15, 0.2) is 36.5 Å². The molecular formula is C13H10N2O6. The maximum atomic E-state index is 11.1. The number of benzene rings is 1. The lowest BCUT2D eigenvalue weighted by Crippen LogP contribution is -2.03. The molecular weight excluding hydrogens is 280 g/mol. The number of nitro benzene ring substituents is 1. The standard InChI is InChI=1S/C13H10N2O6/c1-20-8-4-5-9(15(18)19)11(7-8)21-10-3-2-6-14-12(10)13(16)17/h2-7H,1H3,(H,16,17). The lowest BCUT2D eigenvalue weighted by Gasteiger charge is -2.09. The monoisotopic (exact) mass is 290 g/mol. The molecule has 108 valence electrons. The first-order valence-corrected chi connectivity index (χ1v) is 5.71. The minimum Gasteiger partial charge on any atom is -0.497 e. The molecule has 0 radical (unpaired) electrons. The van der Waals surface area contributed by atoms with E-state index in [2.05, 4.69) is 4.98 Å². The summed E-state index contributed by atoms with van der Waals surface area (Å²) in [7, 11) is 1.40. The summed E-state index contributed by atoms with van der Waals surface area (Å²) in [5, 5.41) is 20.0. The summed E-state index contributed by atoms with van der Waals surface area (Å²) in [6.07, 6.45) is 1.29. The summed E-state index contributed by atoms with van der Waals surface area (Å²) < 4.78 is 10.3. The van der Waals surface area contributed by atoms with Gasteiger partial charge in [-0.2, -0.15) is 0 Å². The van der Waals surface area contributed by atoms with Gasteiger partial charge in [-0.3, -0.25) is 10.1 Å². The minimum atomic E-state index is -1.30. The Bertz CT molecular complexity index is 701. The van der Waals surface area contributed by atoms with Gasteiger partial charge in [0.1, 0.15) is 5.75 Å². The van der Waals surface area contributed by atoms with Gasteiger partial charge in [-0.15, -0.1) is 0 Å². The highest BCUT2D eigenvalue weighted by Crippen LogP contribution is 2.35. The average Bonchev–Trinajstić information content (AvgIpc) is 2.47. The van der Waals surface area contributed by atoms with E-state index < -0.39 is 10.9 Å². The SMILES string of the molecule is COc1ccc([N+](=O)[O-])c(Oc2cccnc2C(=O)O)c1. The number of hydrogen-bond donors (Lipinski definition) is 1. The van der Waals surface area contributed by atoms with Crippen molar-refractivity contribution < 1.29 is 24.3 Å². The van der Waals surface area contributed by atoms with Crippen LogP contribution in [0.3, 0.4) is 0 Å². The molecule has 1 N–H and O–H groups in total. The number of carbonyl (C=O) groups is 1. The molecule has 0 aliphatic heterocycles. The van der Waals surface area contributed by atoms with E-state index in [4.69, 9.17) is 14.6 Å². The van der Waals surface area contributed by atoms with Gasteiger partial charge in [0.25, 0.3) is 0 Å². The summed E-state index contributed by atoms with van der Waals surface area (Å²) in [5.74, 6) is -1.18. The van der Waals surface area contributed by atoms with E-state index in [9.17, 15) is 14.9 Å². The second-order valence-corrected chi connectivity index (χ2v) is 3.85. The molecule has 1 aromatic carbocycles. The Morgan fingerprint density at radius 1 is 1.33 bits per heavy atom. The number of pyridine rings is 1. The van der Waals surface area contributed by atoms with Crippen LogP contribution in [0.5, 0.6) is 17.2 Å². The Balaban J connectivity index is 2.48. The van der Waals surface area contributed by atoms with E-state index in [0.717, 1.165) is 0 Å². The summed E-state index contributed by atoms with van der Waals surface area (Å²) >= 11 is 0. The van der Waals surface area contributed by atoms with Gasteiger partial charge in [-0.05, 0) is 18.2 Å². The van der Waals surface area contributed by atoms with Crippen LogP contribution in [-0.4, -0.2) is 28.1 Å². The lowest BCUT2D eigenvalue weighted by atomic mass is 10.2. The lowest BCUT2D eigenvalue weighted by molar-refractivity contribution is -0.385. The molecule has 0 fully saturated rings. The largest absolute Gasteiger partial charge is 0.497 e. The molecule has 0 atom stereocenters. The zero-order valence-electron chi connectivity index (χ0n) is 10.8. The van der Waals surface area contributed by atoms with E-state index in [1.165, 1.54) is 43.6 Å². The van der Waals surface area contributed by atoms with Crippen molar-refractivity contribution in [2.45, 2.75) is 0 Å². The highest BCUT2D eigenvalue weighted by molar-refractivity contribution is 5.88. The summed E-state index contributed by atoms with van der Waals surface area (Å²) in [6.45, 7) is 0. The van der Waals surface area contributed by atoms with Gasteiger partial charge in [0.15, 0.2) is 11.4 Å². The second-order valence-electron chi connectivity index (χ2n) is 3.85. The number of nitro groups is 1. The predicted octanol–water partition coefficient (Wildman–Crippen LogP) is 2.49. The molecule has 0 saturated heterocycles. The molecule has 1 heterocycles. The summed E-state index contributed by atoms with van der Waals surface area (Å²) in [5.41, 5.74) is -0.648. The van der Waals surface area contributed by atoms with Crippen LogP contribution in [0.4, 0.5) is 5.69 Å². The number of nitrogens with zero attached hydrogens (tertiary/aromatic N) is 2. The van der Waals surface area contributed by atoms with Gasteiger partial charge in [-0.25, -0.2) is 9.78 Å². The molecule has 0 bridgehead atoms. The molecule has 0 unspecified atom stereocenters. The number of carboxylic acid groups (broad SMARTS) is 1. The van der Waals surface area contributed by atoms with Crippen molar-refractivity contribution in [3.05, 3.63) is 52.3 Å². The first-order valence-electron chi connectivity index (χ1n) is 5.71. The van der Waals surface area contributed by atoms with Crippen LogP contribution in [0.1, 0.15) is 10.5 Å². The highest BCUT2D eigenvalue weighted by Gasteiger charge is 2.20. The number of aromatic carboxylic acids is 1. The van der Waals surface area contributed by atoms with E-state index in [1.54, 1.807) is 0 Å². The molecule has 2 aromatic rings. The van der Waals surface area contributed by atoms with Gasteiger partial charge in [0.05, 0.1) is 12.0 Å². The molecule has 21 heavy (non-hydrogen) atoms. The van der Waals surface area contributed by atoms with Crippen molar-refractivity contribution in [1.82, 2.24) is 4.98 Å². The first kappa shape index (κ1) is 14.3. The summed E-state index contributed by atoms with van der Waals surface area (Å²) in [6, 6.07) is 6.75. The van der Waals surface area contributed by atoms with Gasteiger partial charge < -0.3 is 14.6 Å². The van der Waals surface area contributed by atoms with Gasteiger partial charge in [0, 0.05) is 18.3 Å². The average molecular weight is 290 g/mol.